The fourth-order valence-electron chi connectivity index (χ4n) is 3.91. The molecule has 1 heterocycles. The number of aliphatic hydroxyl groups is 1. The zero-order valence-electron chi connectivity index (χ0n) is 16.2. The SMILES string of the molecule is Cc1cc(N)c(C(=O)N2CCN(C(=O)[C@@H]3C[C@H]3C(F)F)CC2CCO)cc1C. The number of anilines is 1. The second kappa shape index (κ2) is 8.03. The lowest BCUT2D eigenvalue weighted by molar-refractivity contribution is -0.136. The van der Waals surface area contributed by atoms with E-state index in [-0.39, 0.29) is 44.0 Å². The number of nitrogens with zero attached hydrogens (tertiary/aromatic N) is 2. The van der Waals surface area contributed by atoms with Gasteiger partial charge in [-0.1, -0.05) is 0 Å². The number of nitrogens with two attached hydrogens (primary N) is 1. The van der Waals surface area contributed by atoms with Gasteiger partial charge < -0.3 is 20.6 Å². The largest absolute Gasteiger partial charge is 0.398 e. The summed E-state index contributed by atoms with van der Waals surface area (Å²) < 4.78 is 25.6. The smallest absolute Gasteiger partial charge is 0.256 e. The number of aliphatic hydroxyl groups excluding tert-OH is 1. The number of benzene rings is 1. The highest BCUT2D eigenvalue weighted by molar-refractivity contribution is 6.00. The molecule has 0 bridgehead atoms. The molecule has 1 saturated carbocycles. The van der Waals surface area contributed by atoms with Gasteiger partial charge in [-0.2, -0.15) is 0 Å². The highest BCUT2D eigenvalue weighted by Crippen LogP contribution is 2.44. The maximum Gasteiger partial charge on any atom is 0.256 e. The zero-order chi connectivity index (χ0) is 20.6. The molecule has 6 nitrogen and oxygen atoms in total. The summed E-state index contributed by atoms with van der Waals surface area (Å²) in [6.07, 6.45) is -1.94. The standard InChI is InChI=1S/C20H27F2N3O3/c1-11-7-16(17(23)8-12(11)2)20(28)25-5-4-24(10-13(25)3-6-26)19(27)15-9-14(15)18(21)22/h7-8,13-15,18,26H,3-6,9-10,23H2,1-2H3/t13?,14-,15-/m1/s1. The van der Waals surface area contributed by atoms with Gasteiger partial charge in [0.1, 0.15) is 0 Å². The molecule has 3 N–H and O–H groups in total. The summed E-state index contributed by atoms with van der Waals surface area (Å²) in [7, 11) is 0. The number of nitrogen functional groups attached to an aromatic ring is 1. The lowest BCUT2D eigenvalue weighted by Gasteiger charge is -2.41. The van der Waals surface area contributed by atoms with Crippen molar-refractivity contribution in [1.82, 2.24) is 9.80 Å². The number of hydrogen-bond acceptors (Lipinski definition) is 4. The van der Waals surface area contributed by atoms with E-state index < -0.39 is 18.3 Å². The van der Waals surface area contributed by atoms with Crippen molar-refractivity contribution in [3.63, 3.8) is 0 Å². The lowest BCUT2D eigenvalue weighted by atomic mass is 10.0. The number of hydrogen-bond donors (Lipinski definition) is 2. The molecule has 1 unspecified atom stereocenters. The van der Waals surface area contributed by atoms with Crippen LogP contribution in [0.2, 0.25) is 0 Å². The fourth-order valence-corrected chi connectivity index (χ4v) is 3.91. The summed E-state index contributed by atoms with van der Waals surface area (Å²) in [5, 5.41) is 9.42. The van der Waals surface area contributed by atoms with Gasteiger partial charge in [0.2, 0.25) is 12.3 Å². The molecule has 1 aromatic rings. The summed E-state index contributed by atoms with van der Waals surface area (Å²) in [6, 6.07) is 3.15. The monoisotopic (exact) mass is 395 g/mol. The Morgan fingerprint density at radius 3 is 2.54 bits per heavy atom. The molecule has 1 aliphatic carbocycles. The van der Waals surface area contributed by atoms with Gasteiger partial charge in [-0.3, -0.25) is 9.59 Å². The first-order chi connectivity index (χ1) is 13.2. The average molecular weight is 395 g/mol. The van der Waals surface area contributed by atoms with E-state index in [1.807, 2.05) is 13.8 Å². The molecule has 8 heteroatoms. The Morgan fingerprint density at radius 1 is 1.25 bits per heavy atom. The van der Waals surface area contributed by atoms with Gasteiger partial charge in [0.05, 0.1) is 11.6 Å². The van der Waals surface area contributed by atoms with Crippen molar-refractivity contribution in [1.29, 1.82) is 0 Å². The minimum Gasteiger partial charge on any atom is -0.398 e. The molecule has 1 aromatic carbocycles. The number of amides is 2. The normalized spacial score (nSPS) is 24.6. The Morgan fingerprint density at radius 2 is 1.93 bits per heavy atom. The van der Waals surface area contributed by atoms with Gasteiger partial charge in [-0.15, -0.1) is 0 Å². The van der Waals surface area contributed by atoms with Gasteiger partial charge in [0.25, 0.3) is 5.91 Å². The second-order valence-corrected chi connectivity index (χ2v) is 7.81. The average Bonchev–Trinajstić information content (AvgIpc) is 3.45. The van der Waals surface area contributed by atoms with Crippen molar-refractivity contribution in [3.8, 4) is 0 Å². The van der Waals surface area contributed by atoms with Crippen molar-refractivity contribution < 1.29 is 23.5 Å². The Balaban J connectivity index is 1.74. The third-order valence-corrected chi connectivity index (χ3v) is 5.89. The van der Waals surface area contributed by atoms with Crippen molar-refractivity contribution in [2.45, 2.75) is 39.2 Å². The first-order valence-electron chi connectivity index (χ1n) is 9.60. The maximum absolute atomic E-state index is 13.1. The van der Waals surface area contributed by atoms with Crippen LogP contribution in [0.4, 0.5) is 14.5 Å². The first-order valence-corrected chi connectivity index (χ1v) is 9.60. The molecule has 3 atom stereocenters. The molecule has 1 saturated heterocycles. The van der Waals surface area contributed by atoms with Crippen LogP contribution in [0.3, 0.4) is 0 Å². The number of aryl methyl sites for hydroxylation is 2. The zero-order valence-corrected chi connectivity index (χ0v) is 16.2. The molecular formula is C20H27F2N3O3. The van der Waals surface area contributed by atoms with Crippen LogP contribution < -0.4 is 5.73 Å². The molecule has 154 valence electrons. The van der Waals surface area contributed by atoms with Crippen molar-refractivity contribution >= 4 is 17.5 Å². The number of rotatable bonds is 5. The molecule has 2 fully saturated rings. The maximum atomic E-state index is 13.1. The predicted molar refractivity (Wildman–Crippen MR) is 101 cm³/mol. The number of halogens is 2. The third-order valence-electron chi connectivity index (χ3n) is 5.89. The minimum absolute atomic E-state index is 0.137. The van der Waals surface area contributed by atoms with E-state index in [2.05, 4.69) is 0 Å². The topological polar surface area (TPSA) is 86.9 Å². The summed E-state index contributed by atoms with van der Waals surface area (Å²) in [4.78, 5) is 28.8. The number of carbonyl (C=O) groups is 2. The highest BCUT2D eigenvalue weighted by atomic mass is 19.3. The Kier molecular flexibility index (Phi) is 5.88. The molecule has 2 aliphatic rings. The minimum atomic E-state index is -2.47. The quantitative estimate of drug-likeness (QED) is 0.745. The Hall–Kier alpha value is -2.22. The van der Waals surface area contributed by atoms with E-state index in [0.29, 0.717) is 24.2 Å². The van der Waals surface area contributed by atoms with Gasteiger partial charge in [-0.05, 0) is 49.9 Å². The van der Waals surface area contributed by atoms with Crippen LogP contribution in [-0.2, 0) is 4.79 Å². The van der Waals surface area contributed by atoms with Gasteiger partial charge in [0.15, 0.2) is 0 Å². The lowest BCUT2D eigenvalue weighted by Crippen LogP contribution is -2.57. The molecule has 1 aliphatic heterocycles. The van der Waals surface area contributed by atoms with Crippen LogP contribution in [0.25, 0.3) is 0 Å². The molecule has 0 aromatic heterocycles. The van der Waals surface area contributed by atoms with E-state index >= 15 is 0 Å². The van der Waals surface area contributed by atoms with Crippen LogP contribution in [-0.4, -0.2) is 65.4 Å². The van der Waals surface area contributed by atoms with Crippen molar-refractivity contribution in [3.05, 3.63) is 28.8 Å². The van der Waals surface area contributed by atoms with E-state index in [1.54, 1.807) is 21.9 Å². The first kappa shape index (κ1) is 20.5. The molecule has 3 rings (SSSR count). The van der Waals surface area contributed by atoms with E-state index in [0.717, 1.165) is 11.1 Å². The molecule has 0 spiro atoms. The van der Waals surface area contributed by atoms with Crippen LogP contribution in [0.1, 0.15) is 34.3 Å². The Bertz CT molecular complexity index is 771. The van der Waals surface area contributed by atoms with E-state index in [4.69, 9.17) is 5.73 Å². The Labute approximate surface area is 163 Å². The fraction of sp³-hybridized carbons (Fsp3) is 0.600. The van der Waals surface area contributed by atoms with Crippen molar-refractivity contribution in [2.24, 2.45) is 11.8 Å². The summed E-state index contributed by atoms with van der Waals surface area (Å²) >= 11 is 0. The van der Waals surface area contributed by atoms with Gasteiger partial charge in [-0.25, -0.2) is 8.78 Å². The molecule has 2 amide bonds. The molecular weight excluding hydrogens is 368 g/mol. The van der Waals surface area contributed by atoms with E-state index in [1.165, 1.54) is 0 Å². The van der Waals surface area contributed by atoms with E-state index in [9.17, 15) is 23.5 Å². The number of alkyl halides is 2. The number of piperazine rings is 1. The summed E-state index contributed by atoms with van der Waals surface area (Å²) in [6.45, 7) is 4.51. The van der Waals surface area contributed by atoms with Crippen LogP contribution in [0.5, 0.6) is 0 Å². The highest BCUT2D eigenvalue weighted by Gasteiger charge is 2.51. The third kappa shape index (κ3) is 3.97. The summed E-state index contributed by atoms with van der Waals surface area (Å²) in [5.74, 6) is -1.97. The van der Waals surface area contributed by atoms with Crippen LogP contribution in [0.15, 0.2) is 12.1 Å². The van der Waals surface area contributed by atoms with Crippen LogP contribution >= 0.6 is 0 Å². The predicted octanol–water partition coefficient (Wildman–Crippen LogP) is 1.82. The van der Waals surface area contributed by atoms with Crippen molar-refractivity contribution in [2.75, 3.05) is 32.0 Å². The number of carbonyl (C=O) groups excluding carboxylic acids is 2. The second-order valence-electron chi connectivity index (χ2n) is 7.81. The van der Waals surface area contributed by atoms with Gasteiger partial charge in [0, 0.05) is 43.8 Å². The van der Waals surface area contributed by atoms with Gasteiger partial charge >= 0.3 is 0 Å². The molecule has 0 radical (unpaired) electrons. The molecule has 28 heavy (non-hydrogen) atoms. The summed E-state index contributed by atoms with van der Waals surface area (Å²) in [5.41, 5.74) is 8.81. The van der Waals surface area contributed by atoms with Crippen LogP contribution in [0, 0.1) is 25.7 Å².